The van der Waals surface area contributed by atoms with Crippen molar-refractivity contribution in [3.8, 4) is 0 Å². The van der Waals surface area contributed by atoms with E-state index in [-0.39, 0.29) is 29.8 Å². The number of rotatable bonds is 3. The van der Waals surface area contributed by atoms with Gasteiger partial charge >= 0.3 is 5.97 Å². The number of carbonyl (C=O) groups excluding carboxylic acids is 1. The Morgan fingerprint density at radius 2 is 2.05 bits per heavy atom. The van der Waals surface area contributed by atoms with Crippen LogP contribution in [-0.2, 0) is 16.1 Å². The van der Waals surface area contributed by atoms with Gasteiger partial charge in [-0.1, -0.05) is 44.2 Å². The SMILES string of the molecule is CC1(C)C[C@H]2CN[C@H](C(=O)OCc3ccccc3)[C@H]21.Cl. The van der Waals surface area contributed by atoms with Crippen molar-refractivity contribution in [1.82, 2.24) is 5.32 Å². The molecule has 0 spiro atoms. The van der Waals surface area contributed by atoms with Gasteiger partial charge < -0.3 is 10.1 Å². The van der Waals surface area contributed by atoms with Gasteiger partial charge in [-0.15, -0.1) is 12.4 Å². The fourth-order valence-electron chi connectivity index (χ4n) is 3.79. The maximum atomic E-state index is 12.2. The van der Waals surface area contributed by atoms with Crippen LogP contribution in [0.1, 0.15) is 25.8 Å². The number of nitrogens with one attached hydrogen (secondary N) is 1. The van der Waals surface area contributed by atoms with Crippen LogP contribution in [-0.4, -0.2) is 18.6 Å². The zero-order valence-electron chi connectivity index (χ0n) is 12.0. The predicted octanol–water partition coefficient (Wildman–Crippen LogP) is 2.79. The van der Waals surface area contributed by atoms with Crippen LogP contribution in [0.25, 0.3) is 0 Å². The number of ether oxygens (including phenoxy) is 1. The molecule has 0 radical (unpaired) electrons. The third kappa shape index (κ3) is 2.70. The molecular formula is C16H22ClNO2. The minimum Gasteiger partial charge on any atom is -0.460 e. The van der Waals surface area contributed by atoms with E-state index in [1.807, 2.05) is 30.3 Å². The Kier molecular flexibility index (Phi) is 4.40. The first-order valence-corrected chi connectivity index (χ1v) is 7.02. The van der Waals surface area contributed by atoms with E-state index in [2.05, 4.69) is 19.2 Å². The van der Waals surface area contributed by atoms with Crippen LogP contribution in [0.5, 0.6) is 0 Å². The lowest BCUT2D eigenvalue weighted by Crippen LogP contribution is -2.50. The summed E-state index contributed by atoms with van der Waals surface area (Å²) in [5, 5.41) is 3.34. The lowest BCUT2D eigenvalue weighted by molar-refractivity contribution is -0.152. The minimum atomic E-state index is -0.113. The number of halogens is 1. The molecule has 2 aliphatic rings. The molecule has 1 heterocycles. The molecule has 1 N–H and O–H groups in total. The Labute approximate surface area is 126 Å². The third-order valence-electron chi connectivity index (χ3n) is 4.64. The number of hydrogen-bond acceptors (Lipinski definition) is 3. The lowest BCUT2D eigenvalue weighted by Gasteiger charge is -2.49. The third-order valence-corrected chi connectivity index (χ3v) is 4.64. The van der Waals surface area contributed by atoms with Crippen LogP contribution in [0.2, 0.25) is 0 Å². The standard InChI is InChI=1S/C16H21NO2.ClH/c1-16(2)8-12-9-17-14(13(12)16)15(18)19-10-11-6-4-3-5-7-11;/h3-7,12-14,17H,8-10H2,1-2H3;1H/t12-,13-,14-;/m0./s1. The van der Waals surface area contributed by atoms with E-state index in [1.165, 1.54) is 6.42 Å². The molecule has 3 nitrogen and oxygen atoms in total. The Morgan fingerprint density at radius 1 is 1.35 bits per heavy atom. The highest BCUT2D eigenvalue weighted by Gasteiger charge is 2.56. The molecule has 4 heteroatoms. The van der Waals surface area contributed by atoms with Crippen molar-refractivity contribution in [2.75, 3.05) is 6.54 Å². The highest BCUT2D eigenvalue weighted by atomic mass is 35.5. The van der Waals surface area contributed by atoms with Gasteiger partial charge in [0.1, 0.15) is 12.6 Å². The molecule has 1 aliphatic heterocycles. The van der Waals surface area contributed by atoms with Crippen molar-refractivity contribution >= 4 is 18.4 Å². The second kappa shape index (κ2) is 5.74. The predicted molar refractivity (Wildman–Crippen MR) is 80.7 cm³/mol. The molecule has 1 saturated heterocycles. The largest absolute Gasteiger partial charge is 0.460 e. The number of benzene rings is 1. The monoisotopic (exact) mass is 295 g/mol. The first kappa shape index (κ1) is 15.3. The summed E-state index contributed by atoms with van der Waals surface area (Å²) in [5.41, 5.74) is 1.31. The number of carbonyl (C=O) groups is 1. The maximum Gasteiger partial charge on any atom is 0.323 e. The van der Waals surface area contributed by atoms with Crippen LogP contribution in [0, 0.1) is 17.3 Å². The van der Waals surface area contributed by atoms with E-state index < -0.39 is 0 Å². The second-order valence-electron chi connectivity index (χ2n) is 6.46. The van der Waals surface area contributed by atoms with Gasteiger partial charge in [-0.25, -0.2) is 0 Å². The first-order chi connectivity index (χ1) is 9.08. The fraction of sp³-hybridized carbons (Fsp3) is 0.562. The van der Waals surface area contributed by atoms with Gasteiger partial charge in [0.05, 0.1) is 0 Å². The van der Waals surface area contributed by atoms with Crippen LogP contribution in [0.4, 0.5) is 0 Å². The minimum absolute atomic E-state index is 0. The molecule has 1 aromatic rings. The Morgan fingerprint density at radius 3 is 2.70 bits per heavy atom. The highest BCUT2D eigenvalue weighted by Crippen LogP contribution is 2.54. The van der Waals surface area contributed by atoms with Crippen molar-refractivity contribution < 1.29 is 9.53 Å². The van der Waals surface area contributed by atoms with E-state index in [0.29, 0.717) is 18.4 Å². The van der Waals surface area contributed by atoms with E-state index in [4.69, 9.17) is 4.74 Å². The van der Waals surface area contributed by atoms with E-state index in [0.717, 1.165) is 12.1 Å². The summed E-state index contributed by atoms with van der Waals surface area (Å²) in [6, 6.07) is 9.73. The Hall–Kier alpha value is -1.06. The van der Waals surface area contributed by atoms with Crippen molar-refractivity contribution in [3.05, 3.63) is 35.9 Å². The zero-order valence-corrected chi connectivity index (χ0v) is 12.8. The maximum absolute atomic E-state index is 12.2. The van der Waals surface area contributed by atoms with Gasteiger partial charge in [0.25, 0.3) is 0 Å². The first-order valence-electron chi connectivity index (χ1n) is 7.02. The fourth-order valence-corrected chi connectivity index (χ4v) is 3.79. The summed E-state index contributed by atoms with van der Waals surface area (Å²) in [7, 11) is 0. The molecule has 1 aromatic carbocycles. The molecule has 0 unspecified atom stereocenters. The molecule has 3 rings (SSSR count). The molecule has 110 valence electrons. The van der Waals surface area contributed by atoms with Crippen LogP contribution in [0.3, 0.4) is 0 Å². The second-order valence-corrected chi connectivity index (χ2v) is 6.46. The van der Waals surface area contributed by atoms with Gasteiger partial charge in [0.15, 0.2) is 0 Å². The summed E-state index contributed by atoms with van der Waals surface area (Å²) in [5.74, 6) is 1.00. The van der Waals surface area contributed by atoms with Gasteiger partial charge in [0, 0.05) is 0 Å². The Balaban J connectivity index is 0.00000147. The molecule has 3 atom stereocenters. The summed E-state index contributed by atoms with van der Waals surface area (Å²) in [6.07, 6.45) is 1.22. The molecule has 20 heavy (non-hydrogen) atoms. The van der Waals surface area contributed by atoms with Gasteiger partial charge in [-0.05, 0) is 35.8 Å². The van der Waals surface area contributed by atoms with E-state index in [1.54, 1.807) is 0 Å². The molecule has 0 bridgehead atoms. The zero-order chi connectivity index (χ0) is 13.5. The lowest BCUT2D eigenvalue weighted by atomic mass is 9.55. The molecule has 2 fully saturated rings. The summed E-state index contributed by atoms with van der Waals surface area (Å²) < 4.78 is 5.46. The van der Waals surface area contributed by atoms with Gasteiger partial charge in [0.2, 0.25) is 0 Å². The van der Waals surface area contributed by atoms with Crippen molar-refractivity contribution in [3.63, 3.8) is 0 Å². The number of esters is 1. The Bertz CT molecular complexity index is 475. The van der Waals surface area contributed by atoms with Crippen molar-refractivity contribution in [2.45, 2.75) is 32.9 Å². The van der Waals surface area contributed by atoms with E-state index in [9.17, 15) is 4.79 Å². The van der Waals surface area contributed by atoms with Crippen LogP contribution in [0.15, 0.2) is 30.3 Å². The summed E-state index contributed by atoms with van der Waals surface area (Å²) in [6.45, 7) is 5.83. The summed E-state index contributed by atoms with van der Waals surface area (Å²) >= 11 is 0. The average Bonchev–Trinajstić information content (AvgIpc) is 2.76. The smallest absolute Gasteiger partial charge is 0.323 e. The molecule has 1 saturated carbocycles. The highest BCUT2D eigenvalue weighted by molar-refractivity contribution is 5.85. The molecule has 0 aromatic heterocycles. The molecule has 0 amide bonds. The topological polar surface area (TPSA) is 38.3 Å². The quantitative estimate of drug-likeness (QED) is 0.872. The average molecular weight is 296 g/mol. The van der Waals surface area contributed by atoms with Gasteiger partial charge in [-0.2, -0.15) is 0 Å². The van der Waals surface area contributed by atoms with Crippen LogP contribution < -0.4 is 5.32 Å². The summed E-state index contributed by atoms with van der Waals surface area (Å²) in [4.78, 5) is 12.2. The van der Waals surface area contributed by atoms with Gasteiger partial charge in [-0.3, -0.25) is 4.79 Å². The molecular weight excluding hydrogens is 274 g/mol. The van der Waals surface area contributed by atoms with E-state index >= 15 is 0 Å². The number of hydrogen-bond donors (Lipinski definition) is 1. The van der Waals surface area contributed by atoms with Crippen molar-refractivity contribution in [1.29, 1.82) is 0 Å². The van der Waals surface area contributed by atoms with Crippen LogP contribution >= 0.6 is 12.4 Å². The molecule has 1 aliphatic carbocycles. The normalized spacial score (nSPS) is 29.8. The van der Waals surface area contributed by atoms with Crippen molar-refractivity contribution in [2.24, 2.45) is 17.3 Å². The number of fused-ring (bicyclic) bond motifs is 1.